The molecule has 0 amide bonds. The van der Waals surface area contributed by atoms with Crippen LogP contribution in [0.5, 0.6) is 0 Å². The van der Waals surface area contributed by atoms with Crippen molar-refractivity contribution in [1.82, 2.24) is 4.72 Å². The molecule has 0 bridgehead atoms. The number of benzene rings is 1. The van der Waals surface area contributed by atoms with E-state index in [0.717, 1.165) is 12.1 Å². The number of nitrogens with one attached hydrogen (secondary N) is 1. The van der Waals surface area contributed by atoms with E-state index in [-0.39, 0.29) is 13.2 Å². The fourth-order valence-electron chi connectivity index (χ4n) is 1.57. The molecule has 1 aromatic carbocycles. The number of nitrogens with zero attached hydrogens (tertiary/aromatic N) is 1. The number of esters is 1. The van der Waals surface area contributed by atoms with Gasteiger partial charge in [-0.3, -0.25) is 14.9 Å². The molecule has 0 spiro atoms. The first-order valence-corrected chi connectivity index (χ1v) is 7.91. The number of nitro groups is 1. The van der Waals surface area contributed by atoms with Gasteiger partial charge in [0.25, 0.3) is 5.69 Å². The fourth-order valence-corrected chi connectivity index (χ4v) is 2.71. The van der Waals surface area contributed by atoms with Crippen molar-refractivity contribution in [1.29, 1.82) is 0 Å². The van der Waals surface area contributed by atoms with E-state index in [9.17, 15) is 23.3 Å². The predicted molar refractivity (Wildman–Crippen MR) is 80.1 cm³/mol. The molecular formula is C13H16N2O7S. The summed E-state index contributed by atoms with van der Waals surface area (Å²) in [7, 11) is -4.10. The SMILES string of the molecule is CC(=O)OC/C(=C\CNS(=O)(=O)c1ccccc1[N+](=O)[O-])CO. The molecule has 0 saturated heterocycles. The van der Waals surface area contributed by atoms with Gasteiger partial charge >= 0.3 is 5.97 Å². The Kier molecular flexibility index (Phi) is 6.82. The molecule has 0 radical (unpaired) electrons. The molecule has 0 heterocycles. The van der Waals surface area contributed by atoms with Crippen LogP contribution in [0.4, 0.5) is 5.69 Å². The summed E-state index contributed by atoms with van der Waals surface area (Å²) in [6.45, 7) is 0.400. The summed E-state index contributed by atoms with van der Waals surface area (Å²) in [6.07, 6.45) is 1.33. The van der Waals surface area contributed by atoms with Crippen LogP contribution in [0.15, 0.2) is 40.8 Å². The third-order valence-corrected chi connectivity index (χ3v) is 4.15. The van der Waals surface area contributed by atoms with Crippen LogP contribution in [0.2, 0.25) is 0 Å². The number of para-hydroxylation sites is 1. The molecule has 0 aliphatic carbocycles. The van der Waals surface area contributed by atoms with Crippen molar-refractivity contribution in [3.63, 3.8) is 0 Å². The summed E-state index contributed by atoms with van der Waals surface area (Å²) >= 11 is 0. The summed E-state index contributed by atoms with van der Waals surface area (Å²) < 4.78 is 31.0. The first kappa shape index (κ1) is 18.7. The minimum absolute atomic E-state index is 0.168. The first-order valence-electron chi connectivity index (χ1n) is 6.43. The maximum absolute atomic E-state index is 12.1. The molecule has 0 unspecified atom stereocenters. The van der Waals surface area contributed by atoms with Crippen LogP contribution >= 0.6 is 0 Å². The summed E-state index contributed by atoms with van der Waals surface area (Å²) in [5.41, 5.74) is -0.239. The van der Waals surface area contributed by atoms with E-state index in [4.69, 9.17) is 5.11 Å². The van der Waals surface area contributed by atoms with Gasteiger partial charge in [-0.1, -0.05) is 18.2 Å². The molecule has 0 aliphatic heterocycles. The van der Waals surface area contributed by atoms with Gasteiger partial charge in [-0.2, -0.15) is 0 Å². The molecule has 9 nitrogen and oxygen atoms in total. The van der Waals surface area contributed by atoms with Gasteiger partial charge < -0.3 is 9.84 Å². The number of rotatable bonds is 8. The topological polar surface area (TPSA) is 136 Å². The lowest BCUT2D eigenvalue weighted by molar-refractivity contribution is -0.387. The zero-order valence-electron chi connectivity index (χ0n) is 12.3. The minimum Gasteiger partial charge on any atom is -0.461 e. The van der Waals surface area contributed by atoms with Crippen molar-refractivity contribution in [2.24, 2.45) is 0 Å². The van der Waals surface area contributed by atoms with Gasteiger partial charge in [0.05, 0.1) is 11.5 Å². The first-order chi connectivity index (χ1) is 10.8. The highest BCUT2D eigenvalue weighted by atomic mass is 32.2. The van der Waals surface area contributed by atoms with Crippen LogP contribution in [0.1, 0.15) is 6.92 Å². The second kappa shape index (κ2) is 8.36. The maximum Gasteiger partial charge on any atom is 0.302 e. The van der Waals surface area contributed by atoms with E-state index in [1.165, 1.54) is 25.1 Å². The van der Waals surface area contributed by atoms with Crippen LogP contribution in [0.25, 0.3) is 0 Å². The minimum atomic E-state index is -4.10. The monoisotopic (exact) mass is 344 g/mol. The van der Waals surface area contributed by atoms with Crippen molar-refractivity contribution in [3.8, 4) is 0 Å². The van der Waals surface area contributed by atoms with E-state index in [1.54, 1.807) is 0 Å². The van der Waals surface area contributed by atoms with Gasteiger partial charge in [-0.25, -0.2) is 13.1 Å². The molecule has 1 aromatic rings. The molecule has 10 heteroatoms. The lowest BCUT2D eigenvalue weighted by atomic mass is 10.3. The van der Waals surface area contributed by atoms with Crippen molar-refractivity contribution in [2.45, 2.75) is 11.8 Å². The van der Waals surface area contributed by atoms with Gasteiger partial charge in [0.15, 0.2) is 4.90 Å². The van der Waals surface area contributed by atoms with Crippen LogP contribution in [-0.2, 0) is 19.6 Å². The number of carbonyl (C=O) groups excluding carboxylic acids is 1. The molecule has 0 atom stereocenters. The van der Waals surface area contributed by atoms with Crippen molar-refractivity contribution in [2.75, 3.05) is 19.8 Å². The van der Waals surface area contributed by atoms with Crippen LogP contribution < -0.4 is 4.72 Å². The quantitative estimate of drug-likeness (QED) is 0.300. The Balaban J connectivity index is 2.84. The number of ether oxygens (including phenoxy) is 1. The van der Waals surface area contributed by atoms with E-state index in [0.29, 0.717) is 5.57 Å². The van der Waals surface area contributed by atoms with Gasteiger partial charge in [-0.15, -0.1) is 0 Å². The summed E-state index contributed by atoms with van der Waals surface area (Å²) in [4.78, 5) is 20.3. The van der Waals surface area contributed by atoms with E-state index in [1.807, 2.05) is 0 Å². The van der Waals surface area contributed by atoms with Crippen LogP contribution in [0, 0.1) is 10.1 Å². The van der Waals surface area contributed by atoms with Crippen LogP contribution in [0.3, 0.4) is 0 Å². The molecule has 23 heavy (non-hydrogen) atoms. The molecule has 0 aromatic heterocycles. The van der Waals surface area contributed by atoms with Gasteiger partial charge in [0, 0.05) is 19.5 Å². The third-order valence-electron chi connectivity index (χ3n) is 2.68. The number of hydrogen-bond acceptors (Lipinski definition) is 7. The Bertz CT molecular complexity index is 713. The molecule has 1 rings (SSSR count). The number of aliphatic hydroxyl groups is 1. The van der Waals surface area contributed by atoms with E-state index >= 15 is 0 Å². The number of nitro benzene ring substituents is 1. The smallest absolute Gasteiger partial charge is 0.302 e. The maximum atomic E-state index is 12.1. The highest BCUT2D eigenvalue weighted by Crippen LogP contribution is 2.22. The average Bonchev–Trinajstić information content (AvgIpc) is 2.50. The molecular weight excluding hydrogens is 328 g/mol. The zero-order valence-corrected chi connectivity index (χ0v) is 13.1. The number of aliphatic hydroxyl groups excluding tert-OH is 1. The molecule has 2 N–H and O–H groups in total. The summed E-state index contributed by atoms with van der Waals surface area (Å²) in [5.74, 6) is -0.537. The largest absolute Gasteiger partial charge is 0.461 e. The van der Waals surface area contributed by atoms with E-state index < -0.39 is 38.1 Å². The lowest BCUT2D eigenvalue weighted by Gasteiger charge is -2.07. The highest BCUT2D eigenvalue weighted by Gasteiger charge is 2.24. The zero-order chi connectivity index (χ0) is 17.5. The highest BCUT2D eigenvalue weighted by molar-refractivity contribution is 7.89. The molecule has 0 saturated carbocycles. The average molecular weight is 344 g/mol. The standard InChI is InChI=1S/C13H16N2O7S/c1-10(17)22-9-11(8-16)6-7-14-23(20,21)13-5-3-2-4-12(13)15(18)19/h2-6,14,16H,7-9H2,1H3/b11-6-. The van der Waals surface area contributed by atoms with Gasteiger partial charge in [-0.05, 0) is 11.6 Å². The predicted octanol–water partition coefficient (Wildman–Crippen LogP) is 0.355. The third kappa shape index (κ3) is 5.77. The Labute approximate surface area is 132 Å². The summed E-state index contributed by atoms with van der Waals surface area (Å²) in [5, 5.41) is 19.9. The molecule has 0 aliphatic rings. The second-order valence-corrected chi connectivity index (χ2v) is 6.11. The Morgan fingerprint density at radius 2 is 2.09 bits per heavy atom. The van der Waals surface area contributed by atoms with Gasteiger partial charge in [0.1, 0.15) is 6.61 Å². The number of hydrogen-bond donors (Lipinski definition) is 2. The van der Waals surface area contributed by atoms with Crippen LogP contribution in [-0.4, -0.2) is 44.2 Å². The Morgan fingerprint density at radius 3 is 2.65 bits per heavy atom. The van der Waals surface area contributed by atoms with Crippen molar-refractivity contribution < 1.29 is 28.0 Å². The molecule has 126 valence electrons. The van der Waals surface area contributed by atoms with E-state index in [2.05, 4.69) is 9.46 Å². The summed E-state index contributed by atoms with van der Waals surface area (Å²) in [6, 6.07) is 4.94. The van der Waals surface area contributed by atoms with Gasteiger partial charge in [0.2, 0.25) is 10.0 Å². The van der Waals surface area contributed by atoms with Crippen molar-refractivity contribution in [3.05, 3.63) is 46.0 Å². The lowest BCUT2D eigenvalue weighted by Crippen LogP contribution is -2.25. The Morgan fingerprint density at radius 1 is 1.43 bits per heavy atom. The molecule has 0 fully saturated rings. The normalized spacial score (nSPS) is 12.0. The van der Waals surface area contributed by atoms with Crippen molar-refractivity contribution >= 4 is 21.7 Å². The second-order valence-electron chi connectivity index (χ2n) is 4.38. The number of sulfonamides is 1. The Hall–Kier alpha value is -2.30. The number of carbonyl (C=O) groups is 1. The fraction of sp³-hybridized carbons (Fsp3) is 0.308.